The fourth-order valence-corrected chi connectivity index (χ4v) is 2.47. The van der Waals surface area contributed by atoms with Crippen LogP contribution in [0, 0.1) is 5.92 Å². The average molecular weight is 264 g/mol. The van der Waals surface area contributed by atoms with Crippen molar-refractivity contribution >= 4 is 15.9 Å². The maximum atomic E-state index is 11.6. The molecule has 5 nitrogen and oxygen atoms in total. The van der Waals surface area contributed by atoms with Crippen LogP contribution in [0.15, 0.2) is 0 Å². The Morgan fingerprint density at radius 2 is 1.82 bits per heavy atom. The molecule has 0 aliphatic rings. The maximum absolute atomic E-state index is 11.6. The van der Waals surface area contributed by atoms with Gasteiger partial charge in [0.05, 0.1) is 12.8 Å². The quantitative estimate of drug-likeness (QED) is 0.740. The zero-order valence-corrected chi connectivity index (χ0v) is 12.2. The number of nitrogens with zero attached hydrogens (tertiary/aromatic N) is 1. The second kappa shape index (κ2) is 6.96. The highest BCUT2D eigenvalue weighted by molar-refractivity contribution is 7.88. The molecule has 1 unspecified atom stereocenters. The number of hydrogen-bond acceptors (Lipinski definition) is 3. The van der Waals surface area contributed by atoms with Gasteiger partial charge in [-0.3, -0.25) is 4.79 Å². The third kappa shape index (κ3) is 6.63. The summed E-state index contributed by atoms with van der Waals surface area (Å²) in [7, 11) is -3.34. The van der Waals surface area contributed by atoms with Crippen molar-refractivity contribution < 1.29 is 13.2 Å². The lowest BCUT2D eigenvalue weighted by atomic mass is 10.2. The lowest BCUT2D eigenvalue weighted by Crippen LogP contribution is -2.45. The van der Waals surface area contributed by atoms with E-state index in [1.54, 1.807) is 6.92 Å². The van der Waals surface area contributed by atoms with Gasteiger partial charge in [0.1, 0.15) is 0 Å². The van der Waals surface area contributed by atoms with E-state index in [1.807, 2.05) is 20.8 Å². The highest BCUT2D eigenvalue weighted by Crippen LogP contribution is 2.08. The topological polar surface area (TPSA) is 66.5 Å². The summed E-state index contributed by atoms with van der Waals surface area (Å²) in [5.41, 5.74) is 0. The van der Waals surface area contributed by atoms with Gasteiger partial charge >= 0.3 is 0 Å². The van der Waals surface area contributed by atoms with E-state index in [0.717, 1.165) is 6.26 Å². The van der Waals surface area contributed by atoms with Gasteiger partial charge in [0.2, 0.25) is 15.9 Å². The smallest absolute Gasteiger partial charge is 0.235 e. The average Bonchev–Trinajstić information content (AvgIpc) is 2.20. The number of amides is 1. The van der Waals surface area contributed by atoms with Crippen LogP contribution in [0.25, 0.3) is 0 Å². The first-order valence-electron chi connectivity index (χ1n) is 5.92. The molecule has 0 saturated carbocycles. The van der Waals surface area contributed by atoms with Crippen molar-refractivity contribution in [3.05, 3.63) is 0 Å². The van der Waals surface area contributed by atoms with E-state index in [-0.39, 0.29) is 18.5 Å². The Morgan fingerprint density at radius 3 is 2.18 bits per heavy atom. The van der Waals surface area contributed by atoms with Crippen LogP contribution in [0.3, 0.4) is 0 Å². The molecule has 0 rings (SSSR count). The highest BCUT2D eigenvalue weighted by Gasteiger charge is 2.24. The van der Waals surface area contributed by atoms with Gasteiger partial charge in [-0.2, -0.15) is 4.31 Å². The van der Waals surface area contributed by atoms with Crippen LogP contribution in [0.1, 0.15) is 34.1 Å². The minimum Gasteiger partial charge on any atom is -0.355 e. The summed E-state index contributed by atoms with van der Waals surface area (Å²) in [6, 6.07) is -0.158. The van der Waals surface area contributed by atoms with Crippen LogP contribution in [0.5, 0.6) is 0 Å². The number of sulfonamides is 1. The lowest BCUT2D eigenvalue weighted by molar-refractivity contribution is -0.121. The van der Waals surface area contributed by atoms with Crippen LogP contribution in [-0.2, 0) is 14.8 Å². The zero-order chi connectivity index (χ0) is 13.6. The Balaban J connectivity index is 4.51. The van der Waals surface area contributed by atoms with E-state index in [1.165, 1.54) is 4.31 Å². The van der Waals surface area contributed by atoms with Gasteiger partial charge in [-0.25, -0.2) is 8.42 Å². The van der Waals surface area contributed by atoms with Crippen molar-refractivity contribution in [3.8, 4) is 0 Å². The molecule has 0 saturated heterocycles. The number of carbonyl (C=O) groups excluding carboxylic acids is 1. The Kier molecular flexibility index (Phi) is 6.70. The highest BCUT2D eigenvalue weighted by atomic mass is 32.2. The van der Waals surface area contributed by atoms with Gasteiger partial charge in [0.15, 0.2) is 0 Å². The Labute approximate surface area is 105 Å². The fourth-order valence-electron chi connectivity index (χ4n) is 1.32. The third-order valence-electron chi connectivity index (χ3n) is 2.52. The van der Waals surface area contributed by atoms with Gasteiger partial charge < -0.3 is 5.32 Å². The van der Waals surface area contributed by atoms with E-state index in [4.69, 9.17) is 0 Å². The Morgan fingerprint density at radius 1 is 1.29 bits per heavy atom. The second-order valence-corrected chi connectivity index (χ2v) is 6.70. The van der Waals surface area contributed by atoms with Crippen molar-refractivity contribution in [2.45, 2.75) is 40.2 Å². The van der Waals surface area contributed by atoms with Crippen LogP contribution < -0.4 is 5.32 Å². The van der Waals surface area contributed by atoms with E-state index < -0.39 is 10.0 Å². The molecule has 0 aromatic rings. The van der Waals surface area contributed by atoms with Crippen molar-refractivity contribution in [2.75, 3.05) is 19.3 Å². The maximum Gasteiger partial charge on any atom is 0.235 e. The Hall–Kier alpha value is -0.620. The molecule has 6 heteroatoms. The molecule has 1 N–H and O–H groups in total. The summed E-state index contributed by atoms with van der Waals surface area (Å²) >= 11 is 0. The van der Waals surface area contributed by atoms with Crippen LogP contribution in [0.4, 0.5) is 0 Å². The van der Waals surface area contributed by atoms with Crippen molar-refractivity contribution in [3.63, 3.8) is 0 Å². The molecule has 102 valence electrons. The molecule has 0 aliphatic heterocycles. The molecule has 0 aliphatic carbocycles. The molecule has 0 aromatic heterocycles. The lowest BCUT2D eigenvalue weighted by Gasteiger charge is -2.25. The van der Waals surface area contributed by atoms with Gasteiger partial charge in [-0.1, -0.05) is 20.8 Å². The van der Waals surface area contributed by atoms with Crippen molar-refractivity contribution in [2.24, 2.45) is 5.92 Å². The molecular formula is C11H24N2O3S. The molecule has 1 atom stereocenters. The standard InChI is InChI=1S/C11H24N2O3S/c1-6-10(4)13(17(5,15)16)8-11(14)12-7-9(2)3/h9-10H,6-8H2,1-5H3,(H,12,14). The monoisotopic (exact) mass is 264 g/mol. The SMILES string of the molecule is CCC(C)N(CC(=O)NCC(C)C)S(C)(=O)=O. The first-order chi connectivity index (χ1) is 7.68. The molecule has 1 amide bonds. The number of rotatable bonds is 7. The van der Waals surface area contributed by atoms with Crippen molar-refractivity contribution in [1.29, 1.82) is 0 Å². The number of carbonyl (C=O) groups is 1. The molecule has 0 spiro atoms. The van der Waals surface area contributed by atoms with E-state index in [0.29, 0.717) is 18.9 Å². The predicted molar refractivity (Wildman–Crippen MR) is 69.2 cm³/mol. The summed E-state index contributed by atoms with van der Waals surface area (Å²) < 4.78 is 24.3. The van der Waals surface area contributed by atoms with Gasteiger partial charge in [-0.05, 0) is 19.3 Å². The zero-order valence-electron chi connectivity index (χ0n) is 11.4. The summed E-state index contributed by atoms with van der Waals surface area (Å²) in [4.78, 5) is 11.6. The summed E-state index contributed by atoms with van der Waals surface area (Å²) in [6.45, 7) is 8.15. The minimum atomic E-state index is -3.34. The third-order valence-corrected chi connectivity index (χ3v) is 3.86. The van der Waals surface area contributed by atoms with E-state index in [2.05, 4.69) is 5.32 Å². The van der Waals surface area contributed by atoms with Gasteiger partial charge in [0.25, 0.3) is 0 Å². The van der Waals surface area contributed by atoms with Crippen LogP contribution in [-0.4, -0.2) is 44.0 Å². The molecule has 17 heavy (non-hydrogen) atoms. The summed E-state index contributed by atoms with van der Waals surface area (Å²) in [5, 5.41) is 2.72. The Bertz CT molecular complexity index is 339. The minimum absolute atomic E-state index is 0.0967. The van der Waals surface area contributed by atoms with E-state index in [9.17, 15) is 13.2 Å². The predicted octanol–water partition coefficient (Wildman–Crippen LogP) is 0.819. The molecule has 0 fully saturated rings. The molecular weight excluding hydrogens is 240 g/mol. The normalized spacial score (nSPS) is 14.1. The number of nitrogens with one attached hydrogen (secondary N) is 1. The molecule has 0 bridgehead atoms. The summed E-state index contributed by atoms with van der Waals surface area (Å²) in [5.74, 6) is 0.110. The summed E-state index contributed by atoms with van der Waals surface area (Å²) in [6.07, 6.45) is 1.82. The second-order valence-electron chi connectivity index (χ2n) is 4.76. The fraction of sp³-hybridized carbons (Fsp3) is 0.909. The van der Waals surface area contributed by atoms with Gasteiger partial charge in [0, 0.05) is 12.6 Å². The van der Waals surface area contributed by atoms with Crippen molar-refractivity contribution in [1.82, 2.24) is 9.62 Å². The molecule has 0 radical (unpaired) electrons. The van der Waals surface area contributed by atoms with Gasteiger partial charge in [-0.15, -0.1) is 0 Å². The first kappa shape index (κ1) is 16.4. The molecule has 0 heterocycles. The first-order valence-corrected chi connectivity index (χ1v) is 7.76. The van der Waals surface area contributed by atoms with Crippen LogP contribution in [0.2, 0.25) is 0 Å². The number of hydrogen-bond donors (Lipinski definition) is 1. The molecule has 0 aromatic carbocycles. The van der Waals surface area contributed by atoms with Crippen LogP contribution >= 0.6 is 0 Å². The van der Waals surface area contributed by atoms with E-state index >= 15 is 0 Å². The largest absolute Gasteiger partial charge is 0.355 e.